The molecule has 0 aliphatic carbocycles. The van der Waals surface area contributed by atoms with E-state index in [-0.39, 0.29) is 37.2 Å². The minimum absolute atomic E-state index is 0.0194. The van der Waals surface area contributed by atoms with Crippen molar-refractivity contribution in [3.63, 3.8) is 0 Å². The predicted molar refractivity (Wildman–Crippen MR) is 96.3 cm³/mol. The van der Waals surface area contributed by atoms with Gasteiger partial charge in [0.25, 0.3) is 5.91 Å². The van der Waals surface area contributed by atoms with Crippen molar-refractivity contribution in [3.8, 4) is 5.75 Å². The minimum atomic E-state index is -0.471. The van der Waals surface area contributed by atoms with E-state index in [2.05, 4.69) is 4.98 Å². The third-order valence-corrected chi connectivity index (χ3v) is 4.31. The number of phenolic OH excluding ortho intramolecular Hbond substituents is 1. The molecule has 0 atom stereocenters. The topological polar surface area (TPSA) is 94.1 Å². The molecule has 0 saturated carbocycles. The molecule has 27 heavy (non-hydrogen) atoms. The summed E-state index contributed by atoms with van der Waals surface area (Å²) < 4.78 is 0. The van der Waals surface area contributed by atoms with Crippen LogP contribution < -0.4 is 0 Å². The van der Waals surface area contributed by atoms with Crippen LogP contribution >= 0.6 is 0 Å². The number of likely N-dealkylation sites (N-methyl/N-ethyl adjacent to an activating group) is 1. The Morgan fingerprint density at radius 2 is 1.67 bits per heavy atom. The van der Waals surface area contributed by atoms with Gasteiger partial charge in [-0.05, 0) is 35.4 Å². The van der Waals surface area contributed by atoms with Crippen molar-refractivity contribution in [2.45, 2.75) is 13.1 Å². The van der Waals surface area contributed by atoms with Crippen LogP contribution in [0.3, 0.4) is 0 Å². The fourth-order valence-corrected chi connectivity index (χ4v) is 2.82. The summed E-state index contributed by atoms with van der Waals surface area (Å²) in [6.45, 7) is 0.279. The Morgan fingerprint density at radius 3 is 2.22 bits per heavy atom. The van der Waals surface area contributed by atoms with Crippen molar-refractivity contribution in [3.05, 3.63) is 59.9 Å². The highest BCUT2D eigenvalue weighted by Crippen LogP contribution is 2.15. The highest BCUT2D eigenvalue weighted by molar-refractivity contribution is 6.04. The first-order chi connectivity index (χ1) is 12.9. The quantitative estimate of drug-likeness (QED) is 0.774. The molecule has 1 N–H and O–H groups in total. The Bertz CT molecular complexity index is 839. The number of imide groups is 1. The number of urea groups is 1. The molecule has 8 nitrogen and oxygen atoms in total. The first-order valence-corrected chi connectivity index (χ1v) is 8.44. The van der Waals surface area contributed by atoms with Gasteiger partial charge < -0.3 is 14.9 Å². The number of carbonyl (C=O) groups is 3. The lowest BCUT2D eigenvalue weighted by atomic mass is 10.1. The van der Waals surface area contributed by atoms with Gasteiger partial charge in [0.15, 0.2) is 0 Å². The normalized spacial score (nSPS) is 14.0. The zero-order valence-corrected chi connectivity index (χ0v) is 14.9. The van der Waals surface area contributed by atoms with Gasteiger partial charge in [-0.3, -0.25) is 19.5 Å². The number of amides is 4. The Hall–Kier alpha value is -3.42. The first kappa shape index (κ1) is 18.4. The van der Waals surface area contributed by atoms with Gasteiger partial charge in [0.2, 0.25) is 5.91 Å². The van der Waals surface area contributed by atoms with E-state index in [0.29, 0.717) is 6.54 Å². The maximum atomic E-state index is 12.9. The van der Waals surface area contributed by atoms with E-state index in [1.165, 1.54) is 11.9 Å². The fraction of sp³-hybridized carbons (Fsp3) is 0.263. The second kappa shape index (κ2) is 7.86. The van der Waals surface area contributed by atoms with E-state index < -0.39 is 6.03 Å². The summed E-state index contributed by atoms with van der Waals surface area (Å²) >= 11 is 0. The highest BCUT2D eigenvalue weighted by Gasteiger charge is 2.35. The van der Waals surface area contributed by atoms with Crippen molar-refractivity contribution in [1.29, 1.82) is 0 Å². The molecule has 3 rings (SSSR count). The van der Waals surface area contributed by atoms with Crippen molar-refractivity contribution >= 4 is 17.8 Å². The smallest absolute Gasteiger partial charge is 0.327 e. The lowest BCUT2D eigenvalue weighted by Crippen LogP contribution is -2.42. The number of hydrogen-bond acceptors (Lipinski definition) is 5. The van der Waals surface area contributed by atoms with Crippen LogP contribution in [0.5, 0.6) is 5.75 Å². The summed E-state index contributed by atoms with van der Waals surface area (Å²) in [5, 5.41) is 9.43. The van der Waals surface area contributed by atoms with E-state index in [1.807, 2.05) is 0 Å². The third kappa shape index (κ3) is 4.41. The average molecular weight is 368 g/mol. The second-order valence-electron chi connectivity index (χ2n) is 6.39. The summed E-state index contributed by atoms with van der Waals surface area (Å²) in [4.78, 5) is 44.7. The molecule has 1 aliphatic rings. The average Bonchev–Trinajstić information content (AvgIpc) is 2.90. The van der Waals surface area contributed by atoms with E-state index in [9.17, 15) is 19.5 Å². The molecular formula is C19H20N4O4. The molecule has 1 aromatic heterocycles. The van der Waals surface area contributed by atoms with Gasteiger partial charge >= 0.3 is 6.03 Å². The predicted octanol–water partition coefficient (Wildman–Crippen LogP) is 1.21. The third-order valence-electron chi connectivity index (χ3n) is 4.31. The Labute approximate surface area is 156 Å². The Balaban J connectivity index is 1.77. The zero-order valence-electron chi connectivity index (χ0n) is 14.9. The van der Waals surface area contributed by atoms with Gasteiger partial charge in [0.05, 0.1) is 0 Å². The van der Waals surface area contributed by atoms with Gasteiger partial charge in [0.1, 0.15) is 18.8 Å². The molecule has 0 bridgehead atoms. The monoisotopic (exact) mass is 368 g/mol. The van der Waals surface area contributed by atoms with Crippen LogP contribution in [0, 0.1) is 0 Å². The number of aromatic hydroxyl groups is 1. The van der Waals surface area contributed by atoms with Crippen LogP contribution in [0.25, 0.3) is 0 Å². The molecule has 0 unspecified atom stereocenters. The molecule has 1 aromatic carbocycles. The van der Waals surface area contributed by atoms with Gasteiger partial charge in [-0.25, -0.2) is 4.79 Å². The number of rotatable bonds is 6. The van der Waals surface area contributed by atoms with E-state index in [0.717, 1.165) is 16.0 Å². The molecule has 2 aromatic rings. The highest BCUT2D eigenvalue weighted by atomic mass is 16.3. The van der Waals surface area contributed by atoms with Gasteiger partial charge in [-0.15, -0.1) is 0 Å². The molecule has 1 fully saturated rings. The lowest BCUT2D eigenvalue weighted by molar-refractivity contribution is -0.137. The summed E-state index contributed by atoms with van der Waals surface area (Å²) in [6.07, 6.45) is 3.28. The van der Waals surface area contributed by atoms with E-state index in [4.69, 9.17) is 0 Å². The van der Waals surface area contributed by atoms with Crippen LogP contribution in [0.15, 0.2) is 48.8 Å². The SMILES string of the molecule is CN1CC(=O)N(CC(=O)N(Cc2ccncc2)Cc2ccc(O)cc2)C1=O. The van der Waals surface area contributed by atoms with Crippen LogP contribution in [0.1, 0.15) is 11.1 Å². The van der Waals surface area contributed by atoms with E-state index >= 15 is 0 Å². The maximum Gasteiger partial charge on any atom is 0.327 e. The number of carbonyl (C=O) groups excluding carboxylic acids is 3. The van der Waals surface area contributed by atoms with Crippen LogP contribution in [-0.2, 0) is 22.7 Å². The van der Waals surface area contributed by atoms with Crippen LogP contribution in [-0.4, -0.2) is 62.8 Å². The lowest BCUT2D eigenvalue weighted by Gasteiger charge is -2.25. The minimum Gasteiger partial charge on any atom is -0.508 e. The van der Waals surface area contributed by atoms with Gasteiger partial charge in [0, 0.05) is 32.5 Å². The molecule has 8 heteroatoms. The summed E-state index contributed by atoms with van der Waals surface area (Å²) in [5.74, 6) is -0.580. The van der Waals surface area contributed by atoms with Crippen molar-refractivity contribution in [2.75, 3.05) is 20.1 Å². The zero-order chi connectivity index (χ0) is 19.4. The summed E-state index contributed by atoms with van der Waals surface area (Å²) in [5.41, 5.74) is 1.71. The van der Waals surface area contributed by atoms with Gasteiger partial charge in [-0.2, -0.15) is 0 Å². The Morgan fingerprint density at radius 1 is 1.07 bits per heavy atom. The standard InChI is InChI=1S/C19H20N4O4/c1-21-12-18(26)23(19(21)27)13-17(25)22(11-15-6-8-20-9-7-15)10-14-2-4-16(24)5-3-14/h2-9,24H,10-13H2,1H3. The maximum absolute atomic E-state index is 12.9. The molecule has 1 aliphatic heterocycles. The molecule has 0 radical (unpaired) electrons. The molecular weight excluding hydrogens is 348 g/mol. The van der Waals surface area contributed by atoms with Crippen LogP contribution in [0.2, 0.25) is 0 Å². The number of pyridine rings is 1. The van der Waals surface area contributed by atoms with Gasteiger partial charge in [-0.1, -0.05) is 12.1 Å². The fourth-order valence-electron chi connectivity index (χ4n) is 2.82. The van der Waals surface area contributed by atoms with Crippen molar-refractivity contribution in [2.24, 2.45) is 0 Å². The number of phenols is 1. The van der Waals surface area contributed by atoms with Crippen molar-refractivity contribution < 1.29 is 19.5 Å². The number of aromatic nitrogens is 1. The molecule has 0 spiro atoms. The number of hydrogen-bond donors (Lipinski definition) is 1. The Kier molecular flexibility index (Phi) is 5.35. The molecule has 2 heterocycles. The van der Waals surface area contributed by atoms with Crippen LogP contribution in [0.4, 0.5) is 4.79 Å². The van der Waals surface area contributed by atoms with Crippen molar-refractivity contribution in [1.82, 2.24) is 19.7 Å². The number of benzene rings is 1. The number of nitrogens with zero attached hydrogens (tertiary/aromatic N) is 4. The second-order valence-corrected chi connectivity index (χ2v) is 6.39. The summed E-state index contributed by atoms with van der Waals surface area (Å²) in [6, 6.07) is 9.68. The summed E-state index contributed by atoms with van der Waals surface area (Å²) in [7, 11) is 1.52. The molecule has 140 valence electrons. The molecule has 1 saturated heterocycles. The first-order valence-electron chi connectivity index (χ1n) is 8.44. The molecule has 4 amide bonds. The largest absolute Gasteiger partial charge is 0.508 e. The van der Waals surface area contributed by atoms with E-state index in [1.54, 1.807) is 53.7 Å².